The zero-order valence-electron chi connectivity index (χ0n) is 19.7. The van der Waals surface area contributed by atoms with Gasteiger partial charge in [-0.1, -0.05) is 77.0 Å². The van der Waals surface area contributed by atoms with E-state index in [-0.39, 0.29) is 6.10 Å². The average molecular weight is 397 g/mol. The molecule has 3 saturated carbocycles. The van der Waals surface area contributed by atoms with Crippen LogP contribution in [0.3, 0.4) is 0 Å². The molecule has 1 N–H and O–H groups in total. The van der Waals surface area contributed by atoms with Gasteiger partial charge in [-0.2, -0.15) is 0 Å². The molecular weight excluding hydrogens is 352 g/mol. The Balaban J connectivity index is 1.57. The van der Waals surface area contributed by atoms with Gasteiger partial charge in [0.15, 0.2) is 0 Å². The van der Waals surface area contributed by atoms with Crippen molar-refractivity contribution in [3.8, 4) is 0 Å². The first-order chi connectivity index (χ1) is 13.7. The second kappa shape index (κ2) is 7.70. The standard InChI is InChI=1S/C28H44O/c1-18(2)19(3)7-8-20(4)24-11-12-25-23-10-9-21-17-22(29)13-15-27(21,5)26(23)14-16-28(24,25)6/h7-10,18-20,22,24-26,29H,11-17H2,1-6H3/b8-7+/t19-,20-,22+,24-,25-,26-,27+,28-/m1/s1. The summed E-state index contributed by atoms with van der Waals surface area (Å²) >= 11 is 0. The molecule has 0 amide bonds. The number of hydrogen-bond donors (Lipinski definition) is 1. The monoisotopic (exact) mass is 396 g/mol. The maximum atomic E-state index is 10.2. The molecule has 4 aliphatic carbocycles. The lowest BCUT2D eigenvalue weighted by Gasteiger charge is -2.55. The minimum absolute atomic E-state index is 0.116. The Hall–Kier alpha value is -0.820. The van der Waals surface area contributed by atoms with Crippen molar-refractivity contribution < 1.29 is 5.11 Å². The average Bonchev–Trinajstić information content (AvgIpc) is 3.03. The second-order valence-corrected chi connectivity index (χ2v) is 11.9. The van der Waals surface area contributed by atoms with Crippen molar-refractivity contribution >= 4 is 0 Å². The summed E-state index contributed by atoms with van der Waals surface area (Å²) in [4.78, 5) is 0. The number of aliphatic hydroxyl groups excluding tert-OH is 1. The smallest absolute Gasteiger partial charge is 0.0578 e. The van der Waals surface area contributed by atoms with Gasteiger partial charge in [-0.05, 0) is 91.3 Å². The van der Waals surface area contributed by atoms with Crippen molar-refractivity contribution in [2.75, 3.05) is 0 Å². The van der Waals surface area contributed by atoms with E-state index < -0.39 is 0 Å². The molecular formula is C28H44O. The van der Waals surface area contributed by atoms with Crippen molar-refractivity contribution in [2.24, 2.45) is 46.3 Å². The van der Waals surface area contributed by atoms with Crippen molar-refractivity contribution in [1.82, 2.24) is 0 Å². The molecule has 0 bridgehead atoms. The second-order valence-electron chi connectivity index (χ2n) is 11.9. The maximum absolute atomic E-state index is 10.2. The summed E-state index contributed by atoms with van der Waals surface area (Å²) < 4.78 is 0. The molecule has 4 aliphatic rings. The molecule has 4 rings (SSSR count). The molecule has 8 atom stereocenters. The van der Waals surface area contributed by atoms with Gasteiger partial charge in [0.25, 0.3) is 0 Å². The molecule has 0 radical (unpaired) electrons. The summed E-state index contributed by atoms with van der Waals surface area (Å²) in [5, 5.41) is 10.2. The van der Waals surface area contributed by atoms with Gasteiger partial charge in [-0.15, -0.1) is 0 Å². The lowest BCUT2D eigenvalue weighted by molar-refractivity contribution is 0.0382. The van der Waals surface area contributed by atoms with Crippen LogP contribution in [0.15, 0.2) is 35.5 Å². The molecule has 0 aliphatic heterocycles. The quantitative estimate of drug-likeness (QED) is 0.493. The van der Waals surface area contributed by atoms with Crippen molar-refractivity contribution in [2.45, 2.75) is 92.6 Å². The van der Waals surface area contributed by atoms with Crippen LogP contribution in [0.5, 0.6) is 0 Å². The van der Waals surface area contributed by atoms with E-state index in [1.54, 1.807) is 5.57 Å². The lowest BCUT2D eigenvalue weighted by Crippen LogP contribution is -2.46. The minimum Gasteiger partial charge on any atom is -0.393 e. The molecule has 0 aromatic carbocycles. The van der Waals surface area contributed by atoms with Crippen molar-refractivity contribution in [3.05, 3.63) is 35.5 Å². The van der Waals surface area contributed by atoms with Gasteiger partial charge in [0.1, 0.15) is 0 Å². The van der Waals surface area contributed by atoms with Gasteiger partial charge in [-0.3, -0.25) is 0 Å². The minimum atomic E-state index is -0.116. The highest BCUT2D eigenvalue weighted by molar-refractivity contribution is 5.39. The van der Waals surface area contributed by atoms with Crippen molar-refractivity contribution in [3.63, 3.8) is 0 Å². The van der Waals surface area contributed by atoms with Crippen LogP contribution >= 0.6 is 0 Å². The number of allylic oxidation sites excluding steroid dienone is 5. The van der Waals surface area contributed by atoms with Gasteiger partial charge in [0.2, 0.25) is 0 Å². The van der Waals surface area contributed by atoms with Gasteiger partial charge in [0.05, 0.1) is 6.10 Å². The number of hydrogen-bond acceptors (Lipinski definition) is 1. The molecule has 0 saturated heterocycles. The van der Waals surface area contributed by atoms with Crippen LogP contribution in [-0.2, 0) is 0 Å². The fourth-order valence-corrected chi connectivity index (χ4v) is 7.59. The SMILES string of the molecule is CC(C)[C@H](C)/C=C/[C@@H](C)[C@H]1CC[C@@H]2C3=CC=C4C[C@@H](O)CC[C@]4(C)[C@@H]3CC[C@@]21C. The zero-order chi connectivity index (χ0) is 21.0. The Morgan fingerprint density at radius 2 is 1.69 bits per heavy atom. The first-order valence-electron chi connectivity index (χ1n) is 12.4. The predicted octanol–water partition coefficient (Wildman–Crippen LogP) is 7.33. The Kier molecular flexibility index (Phi) is 5.69. The van der Waals surface area contributed by atoms with Gasteiger partial charge in [-0.25, -0.2) is 0 Å². The molecule has 0 heterocycles. The summed E-state index contributed by atoms with van der Waals surface area (Å²) in [6.07, 6.45) is 18.4. The molecule has 0 spiro atoms. The van der Waals surface area contributed by atoms with Gasteiger partial charge in [0, 0.05) is 0 Å². The van der Waals surface area contributed by atoms with E-state index in [0.29, 0.717) is 22.7 Å². The van der Waals surface area contributed by atoms with E-state index >= 15 is 0 Å². The normalized spacial score (nSPS) is 44.0. The largest absolute Gasteiger partial charge is 0.393 e. The van der Waals surface area contributed by atoms with Crippen LogP contribution < -0.4 is 0 Å². The summed E-state index contributed by atoms with van der Waals surface area (Å²) in [6, 6.07) is 0. The van der Waals surface area contributed by atoms with Crippen LogP contribution in [0.25, 0.3) is 0 Å². The van der Waals surface area contributed by atoms with Crippen LogP contribution in [0.2, 0.25) is 0 Å². The lowest BCUT2D eigenvalue weighted by atomic mass is 9.50. The van der Waals surface area contributed by atoms with E-state index in [1.807, 2.05) is 0 Å². The number of fused-ring (bicyclic) bond motifs is 5. The summed E-state index contributed by atoms with van der Waals surface area (Å²) in [6.45, 7) is 14.6. The molecule has 162 valence electrons. The Morgan fingerprint density at radius 3 is 2.41 bits per heavy atom. The fourth-order valence-electron chi connectivity index (χ4n) is 7.59. The van der Waals surface area contributed by atoms with E-state index in [4.69, 9.17) is 0 Å². The summed E-state index contributed by atoms with van der Waals surface area (Å²) in [7, 11) is 0. The van der Waals surface area contributed by atoms with Gasteiger partial charge < -0.3 is 5.11 Å². The van der Waals surface area contributed by atoms with E-state index in [0.717, 1.165) is 36.5 Å². The topological polar surface area (TPSA) is 20.2 Å². The zero-order valence-corrected chi connectivity index (χ0v) is 19.7. The first-order valence-corrected chi connectivity index (χ1v) is 12.4. The predicted molar refractivity (Wildman–Crippen MR) is 123 cm³/mol. The Morgan fingerprint density at radius 1 is 0.931 bits per heavy atom. The third-order valence-electron chi connectivity index (χ3n) is 10.0. The third-order valence-corrected chi connectivity index (χ3v) is 10.0. The number of rotatable bonds is 4. The summed E-state index contributed by atoms with van der Waals surface area (Å²) in [5.41, 5.74) is 4.07. The highest BCUT2D eigenvalue weighted by Gasteiger charge is 2.56. The van der Waals surface area contributed by atoms with E-state index in [1.165, 1.54) is 37.7 Å². The summed E-state index contributed by atoms with van der Waals surface area (Å²) in [5.74, 6) is 4.38. The molecule has 3 fully saturated rings. The van der Waals surface area contributed by atoms with Crippen LogP contribution in [-0.4, -0.2) is 11.2 Å². The highest BCUT2D eigenvalue weighted by Crippen LogP contribution is 2.65. The van der Waals surface area contributed by atoms with Crippen LogP contribution in [0, 0.1) is 46.3 Å². The van der Waals surface area contributed by atoms with Crippen LogP contribution in [0.1, 0.15) is 86.5 Å². The van der Waals surface area contributed by atoms with Crippen LogP contribution in [0.4, 0.5) is 0 Å². The molecule has 0 aromatic rings. The molecule has 1 nitrogen and oxygen atoms in total. The van der Waals surface area contributed by atoms with Gasteiger partial charge >= 0.3 is 0 Å². The Labute approximate surface area is 179 Å². The highest BCUT2D eigenvalue weighted by atomic mass is 16.3. The number of aliphatic hydroxyl groups is 1. The molecule has 1 heteroatoms. The van der Waals surface area contributed by atoms with Crippen molar-refractivity contribution in [1.29, 1.82) is 0 Å². The van der Waals surface area contributed by atoms with E-state index in [9.17, 15) is 5.11 Å². The first kappa shape index (κ1) is 21.4. The maximum Gasteiger partial charge on any atom is 0.0578 e. The molecule has 29 heavy (non-hydrogen) atoms. The molecule has 0 unspecified atom stereocenters. The molecule has 0 aromatic heterocycles. The van der Waals surface area contributed by atoms with E-state index in [2.05, 4.69) is 65.8 Å². The fraction of sp³-hybridized carbons (Fsp3) is 0.786. The Bertz CT molecular complexity index is 712. The third kappa shape index (κ3) is 3.50.